The van der Waals surface area contributed by atoms with Crippen molar-refractivity contribution >= 4 is 41.8 Å². The van der Waals surface area contributed by atoms with E-state index in [1.165, 1.54) is 16.0 Å². The van der Waals surface area contributed by atoms with Crippen LogP contribution in [-0.4, -0.2) is 103 Å². The van der Waals surface area contributed by atoms with E-state index in [0.29, 0.717) is 6.61 Å². The van der Waals surface area contributed by atoms with E-state index in [9.17, 15) is 19.2 Å². The molecule has 0 bridgehead atoms. The van der Waals surface area contributed by atoms with Crippen molar-refractivity contribution in [3.05, 3.63) is 31.0 Å². The molecule has 0 aliphatic carbocycles. The lowest BCUT2D eigenvalue weighted by Gasteiger charge is -2.46. The average Bonchev–Trinajstić information content (AvgIpc) is 2.91. The van der Waals surface area contributed by atoms with Crippen molar-refractivity contribution in [2.75, 3.05) is 39.5 Å². The van der Waals surface area contributed by atoms with E-state index in [-0.39, 0.29) is 79.9 Å². The highest BCUT2D eigenvalue weighted by Crippen LogP contribution is 2.39. The number of β-lactam (4-membered cyclic amide) rings is 1. The maximum absolute atomic E-state index is 13.4. The van der Waals surface area contributed by atoms with Crippen molar-refractivity contribution < 1.29 is 37.6 Å². The Morgan fingerprint density at radius 3 is 2.09 bits per heavy atom. The molecule has 1 N–H and O–H groups in total. The lowest BCUT2D eigenvalue weighted by atomic mass is 9.67. The van der Waals surface area contributed by atoms with Crippen molar-refractivity contribution in [2.45, 2.75) is 86.3 Å². The van der Waals surface area contributed by atoms with E-state index in [0.717, 1.165) is 0 Å². The van der Waals surface area contributed by atoms with Crippen LogP contribution >= 0.6 is 0 Å². The molecule has 1 rings (SSSR count). The van der Waals surface area contributed by atoms with Gasteiger partial charge in [0.2, 0.25) is 5.91 Å². The molecule has 1 aliphatic heterocycles. The summed E-state index contributed by atoms with van der Waals surface area (Å²) in [4.78, 5) is 58.6. The maximum atomic E-state index is 13.4. The van der Waals surface area contributed by atoms with Gasteiger partial charge in [-0.25, -0.2) is 14.7 Å². The van der Waals surface area contributed by atoms with Gasteiger partial charge in [0.25, 0.3) is 0 Å². The van der Waals surface area contributed by atoms with Crippen LogP contribution in [0.4, 0.5) is 4.79 Å². The first kappa shape index (κ1) is 40.5. The van der Waals surface area contributed by atoms with E-state index in [4.69, 9.17) is 18.4 Å². The largest absolute Gasteiger partial charge is 0.445 e. The Bertz CT molecular complexity index is 1060. The lowest BCUT2D eigenvalue weighted by molar-refractivity contribution is -0.144. The predicted octanol–water partition coefficient (Wildman–Crippen LogP) is 3.90. The Morgan fingerprint density at radius 2 is 1.62 bits per heavy atom. The van der Waals surface area contributed by atoms with Gasteiger partial charge in [-0.05, 0) is 42.9 Å². The summed E-state index contributed by atoms with van der Waals surface area (Å²) >= 11 is 0. The lowest BCUT2D eigenvalue weighted by Crippen LogP contribution is -2.64. The second-order valence-electron chi connectivity index (χ2n) is 14.1. The molecular formula is C32H57N3O8Si2. The number of carbonyl (C=O) groups excluding carboxylic acids is 4. The van der Waals surface area contributed by atoms with Gasteiger partial charge < -0.3 is 18.9 Å². The summed E-state index contributed by atoms with van der Waals surface area (Å²) in [7, 11) is -2.89. The minimum atomic E-state index is -1.58. The molecule has 0 aromatic heterocycles. The third-order valence-corrected chi connectivity index (χ3v) is 9.03. The van der Waals surface area contributed by atoms with E-state index >= 15 is 0 Å². The van der Waals surface area contributed by atoms with Gasteiger partial charge in [0, 0.05) is 25.6 Å². The number of nitrogens with one attached hydrogen (secondary N) is 1. The van der Waals surface area contributed by atoms with Gasteiger partial charge in [-0.2, -0.15) is 0 Å². The summed E-state index contributed by atoms with van der Waals surface area (Å²) in [6.07, 6.45) is 1.73. The van der Waals surface area contributed by atoms with Gasteiger partial charge in [0.05, 0.1) is 25.6 Å². The Morgan fingerprint density at radius 1 is 1.00 bits per heavy atom. The fourth-order valence-corrected chi connectivity index (χ4v) is 6.73. The molecule has 4 atom stereocenters. The number of nitrogens with zero attached hydrogens (tertiary/aromatic N) is 2. The Balaban J connectivity index is 3.19. The Hall–Kier alpha value is -2.55. The molecule has 13 heteroatoms. The molecule has 1 fully saturated rings. The molecule has 45 heavy (non-hydrogen) atoms. The summed E-state index contributed by atoms with van der Waals surface area (Å²) in [6.45, 7) is 27.9. The second-order valence-corrected chi connectivity index (χ2v) is 18.9. The van der Waals surface area contributed by atoms with Crippen LogP contribution in [-0.2, 0) is 32.8 Å². The number of ether oxygens (including phenoxy) is 1. The number of hydrogen-bond acceptors (Lipinski definition) is 9. The van der Waals surface area contributed by atoms with Crippen LogP contribution < -0.4 is 5.32 Å². The van der Waals surface area contributed by atoms with Crippen LogP contribution in [0.25, 0.3) is 0 Å². The smallest absolute Gasteiger partial charge is 0.410 e. The van der Waals surface area contributed by atoms with Gasteiger partial charge >= 0.3 is 6.09 Å². The van der Waals surface area contributed by atoms with Crippen LogP contribution in [0, 0.1) is 22.7 Å². The van der Waals surface area contributed by atoms with Gasteiger partial charge in [-0.1, -0.05) is 60.3 Å². The van der Waals surface area contributed by atoms with Crippen molar-refractivity contribution in [3.8, 4) is 0 Å². The highest BCUT2D eigenvalue weighted by atomic mass is 28.3. The van der Waals surface area contributed by atoms with Crippen molar-refractivity contribution in [2.24, 2.45) is 22.7 Å². The molecule has 0 radical (unpaired) electrons. The molecule has 1 aliphatic rings. The summed E-state index contributed by atoms with van der Waals surface area (Å²) in [6, 6.07) is -0.361. The number of carbonyl (C=O) groups is 3. The second kappa shape index (κ2) is 18.6. The quantitative estimate of drug-likeness (QED) is 0.0677. The standard InChI is InChI=1S/C32H57N3O8Si2/c1-13-17-40-30(39)34(15-16-35(41-18-14-2)26(21-36)28(32(6,7)8)43-45(11)12)20-23(37)19-25-27(29(38)33-25)24(31(3,4)5)22-42-44(9)10/h13-14,24-25,27-28,44-45H,1-2,15-20,22H2,3-12H3,(H,33,38)/t24-,25-,27+,28?/m1/s1. The fourth-order valence-electron chi connectivity index (χ4n) is 5.06. The van der Waals surface area contributed by atoms with Gasteiger partial charge in [-0.3, -0.25) is 19.3 Å². The molecule has 1 heterocycles. The highest BCUT2D eigenvalue weighted by Gasteiger charge is 2.49. The zero-order chi connectivity index (χ0) is 34.5. The fraction of sp³-hybridized carbons (Fsp3) is 0.719. The third kappa shape index (κ3) is 13.4. The van der Waals surface area contributed by atoms with Crippen LogP contribution in [0.1, 0.15) is 48.0 Å². The average molecular weight is 668 g/mol. The first-order chi connectivity index (χ1) is 20.9. The van der Waals surface area contributed by atoms with Crippen molar-refractivity contribution in [1.29, 1.82) is 0 Å². The molecule has 256 valence electrons. The number of hydrogen-bond donors (Lipinski definition) is 1. The zero-order valence-electron chi connectivity index (χ0n) is 29.1. The summed E-state index contributed by atoms with van der Waals surface area (Å²) in [5, 5.41) is 4.26. The van der Waals surface area contributed by atoms with E-state index in [2.05, 4.69) is 52.3 Å². The van der Waals surface area contributed by atoms with Gasteiger partial charge in [0.1, 0.15) is 12.7 Å². The molecule has 2 amide bonds. The molecule has 0 aromatic rings. The molecule has 0 spiro atoms. The van der Waals surface area contributed by atoms with Crippen molar-refractivity contribution in [1.82, 2.24) is 15.3 Å². The molecule has 0 saturated carbocycles. The Kier molecular flexibility index (Phi) is 16.7. The number of hydroxylamine groups is 2. The number of ketones is 1. The SMILES string of the molecule is C=CCOC(=O)N(CCN(OCC=C)C(=C=O)C(O[SiH](C)C)C(C)(C)C)CC(=O)C[C@H]1NC(=O)[C@H]1[C@@H](CO[SiH](C)C)C(C)(C)C. The number of amides is 2. The van der Waals surface area contributed by atoms with Crippen LogP contribution in [0.2, 0.25) is 26.2 Å². The van der Waals surface area contributed by atoms with E-state index in [1.807, 2.05) is 39.8 Å². The first-order valence-corrected chi connectivity index (χ1v) is 21.3. The monoisotopic (exact) mass is 667 g/mol. The summed E-state index contributed by atoms with van der Waals surface area (Å²) in [5.74, 6) is 1.24. The molecule has 0 aromatic carbocycles. The first-order valence-electron chi connectivity index (χ1n) is 15.7. The molecule has 11 nitrogen and oxygen atoms in total. The number of rotatable bonds is 20. The molecular weight excluding hydrogens is 611 g/mol. The van der Waals surface area contributed by atoms with Crippen molar-refractivity contribution in [3.63, 3.8) is 0 Å². The molecule has 1 saturated heterocycles. The maximum Gasteiger partial charge on any atom is 0.410 e. The third-order valence-electron chi connectivity index (χ3n) is 7.35. The summed E-state index contributed by atoms with van der Waals surface area (Å²) in [5.41, 5.74) is -0.495. The van der Waals surface area contributed by atoms with Crippen LogP contribution in [0.5, 0.6) is 0 Å². The zero-order valence-corrected chi connectivity index (χ0v) is 31.5. The normalized spacial score (nSPS) is 17.9. The molecule has 1 unspecified atom stereocenters. The number of Topliss-reactive ketones (excluding diaryl/α,β-unsaturated/α-hetero) is 1. The summed E-state index contributed by atoms with van der Waals surface area (Å²) < 4.78 is 17.6. The van der Waals surface area contributed by atoms with Gasteiger partial charge in [-0.15, -0.1) is 6.58 Å². The van der Waals surface area contributed by atoms with E-state index < -0.39 is 35.7 Å². The van der Waals surface area contributed by atoms with E-state index in [1.54, 1.807) is 6.08 Å². The van der Waals surface area contributed by atoms with Crippen LogP contribution in [0.3, 0.4) is 0 Å². The van der Waals surface area contributed by atoms with Gasteiger partial charge in [0.15, 0.2) is 35.5 Å². The minimum Gasteiger partial charge on any atom is -0.445 e. The highest BCUT2D eigenvalue weighted by molar-refractivity contribution is 6.48. The Labute approximate surface area is 273 Å². The minimum absolute atomic E-state index is 0.00205. The van der Waals surface area contributed by atoms with Crippen LogP contribution in [0.15, 0.2) is 31.0 Å². The topological polar surface area (TPSA) is 124 Å². The predicted molar refractivity (Wildman–Crippen MR) is 181 cm³/mol.